The molecule has 4 heterocycles. The summed E-state index contributed by atoms with van der Waals surface area (Å²) in [5.74, 6) is 7.27. The van der Waals surface area contributed by atoms with Crippen LogP contribution in [0.25, 0.3) is 0 Å². The fourth-order valence-electron chi connectivity index (χ4n) is 11.7. The lowest BCUT2D eigenvalue weighted by Gasteiger charge is -2.23. The van der Waals surface area contributed by atoms with Crippen LogP contribution in [0.3, 0.4) is 0 Å². The molecule has 0 saturated carbocycles. The average Bonchev–Trinajstić information content (AvgIpc) is 3.03. The van der Waals surface area contributed by atoms with Crippen LogP contribution in [0.5, 0.6) is 46.0 Å². The van der Waals surface area contributed by atoms with Crippen molar-refractivity contribution in [2.45, 2.75) is 118 Å². The van der Waals surface area contributed by atoms with Crippen LogP contribution in [0, 0.1) is 11.8 Å². The third-order valence-corrected chi connectivity index (χ3v) is 16.7. The number of fused-ring (bicyclic) bond motifs is 24. The first-order chi connectivity index (χ1) is 41.9. The van der Waals surface area contributed by atoms with E-state index in [1.807, 2.05) is 12.1 Å². The molecule has 0 spiro atoms. The molecule has 6 aromatic rings. The molecule has 0 N–H and O–H groups in total. The van der Waals surface area contributed by atoms with Crippen molar-refractivity contribution in [3.05, 3.63) is 163 Å². The van der Waals surface area contributed by atoms with E-state index < -0.39 is 0 Å². The zero-order valence-electron chi connectivity index (χ0n) is 51.0. The number of hydrogen-bond donors (Lipinski definition) is 0. The van der Waals surface area contributed by atoms with Gasteiger partial charge in [-0.3, -0.25) is 0 Å². The number of hydrogen-bond acceptors (Lipinski definition) is 12. The van der Waals surface area contributed by atoms with Crippen molar-refractivity contribution >= 4 is 15.9 Å². The summed E-state index contributed by atoms with van der Waals surface area (Å²) in [6.45, 7) is 14.7. The zero-order chi connectivity index (χ0) is 58.8. The van der Waals surface area contributed by atoms with Crippen molar-refractivity contribution < 1.29 is 56.8 Å². The van der Waals surface area contributed by atoms with Crippen molar-refractivity contribution in [3.8, 4) is 46.0 Å². The molecule has 13 heteroatoms. The lowest BCUT2D eigenvalue weighted by atomic mass is 9.91. The maximum Gasteiger partial charge on any atom is 0.161 e. The predicted molar refractivity (Wildman–Crippen MR) is 339 cm³/mol. The van der Waals surface area contributed by atoms with Crippen LogP contribution < -0.4 is 37.9 Å². The van der Waals surface area contributed by atoms with Crippen molar-refractivity contribution in [2.24, 2.45) is 11.8 Å². The Labute approximate surface area is 514 Å². The summed E-state index contributed by atoms with van der Waals surface area (Å²) in [7, 11) is 0. The molecule has 85 heavy (non-hydrogen) atoms. The van der Waals surface area contributed by atoms with Crippen LogP contribution >= 0.6 is 15.9 Å². The molecule has 0 aromatic heterocycles. The lowest BCUT2D eigenvalue weighted by molar-refractivity contribution is 0.0695. The third-order valence-electron chi connectivity index (χ3n) is 16.3. The van der Waals surface area contributed by atoms with E-state index in [-0.39, 0.29) is 0 Å². The molecule has 2 atom stereocenters. The SMILES string of the molecule is CCCCC(CC)Cc1ccc2c(c1)OCCOCCOc1c3cccc1Cc1cc(Br)cc4c1OCCOCCOc1cc(CC(CC)CCCC)ccc1OCCOCCOc1c(cccc1C3)Cc1cccc(c1OCCOCCO2)C4. The quantitative estimate of drug-likeness (QED) is 0.109. The molecule has 12 nitrogen and oxygen atoms in total. The van der Waals surface area contributed by atoms with Gasteiger partial charge in [0.15, 0.2) is 23.0 Å². The molecule has 2 unspecified atom stereocenters. The van der Waals surface area contributed by atoms with Crippen LogP contribution in [-0.2, 0) is 57.5 Å². The van der Waals surface area contributed by atoms with E-state index in [0.29, 0.717) is 166 Å². The molecule has 458 valence electrons. The minimum absolute atomic E-state index is 0.318. The first-order valence-electron chi connectivity index (χ1n) is 31.6. The Morgan fingerprint density at radius 1 is 0.329 bits per heavy atom. The molecule has 6 aromatic carbocycles. The van der Waals surface area contributed by atoms with E-state index in [9.17, 15) is 0 Å². The van der Waals surface area contributed by atoms with Gasteiger partial charge >= 0.3 is 0 Å². The van der Waals surface area contributed by atoms with Gasteiger partial charge < -0.3 is 56.8 Å². The summed E-state index contributed by atoms with van der Waals surface area (Å²) in [6, 6.07) is 36.4. The summed E-state index contributed by atoms with van der Waals surface area (Å²) in [5.41, 5.74) is 10.7. The minimum atomic E-state index is 0.318. The smallest absolute Gasteiger partial charge is 0.161 e. The van der Waals surface area contributed by atoms with Gasteiger partial charge in [0.1, 0.15) is 75.9 Å². The van der Waals surface area contributed by atoms with E-state index >= 15 is 0 Å². The first kappa shape index (κ1) is 63.5. The number of ether oxygens (including phenoxy) is 12. The van der Waals surface area contributed by atoms with Gasteiger partial charge in [-0.25, -0.2) is 0 Å². The zero-order valence-corrected chi connectivity index (χ0v) is 52.5. The van der Waals surface area contributed by atoms with Gasteiger partial charge in [-0.15, -0.1) is 0 Å². The van der Waals surface area contributed by atoms with E-state index in [2.05, 4.69) is 135 Å². The average molecular weight is 1230 g/mol. The summed E-state index contributed by atoms with van der Waals surface area (Å²) in [5, 5.41) is 0. The summed E-state index contributed by atoms with van der Waals surface area (Å²) in [4.78, 5) is 0. The van der Waals surface area contributed by atoms with Gasteiger partial charge in [-0.2, -0.15) is 0 Å². The van der Waals surface area contributed by atoms with Gasteiger partial charge in [0.05, 0.1) is 52.9 Å². The van der Waals surface area contributed by atoms with Crippen molar-refractivity contribution in [2.75, 3.05) is 106 Å². The number of halogens is 1. The Balaban J connectivity index is 1.05. The normalized spacial score (nSPS) is 16.8. The second-order valence-corrected chi connectivity index (χ2v) is 23.4. The molecule has 0 amide bonds. The highest BCUT2D eigenvalue weighted by atomic mass is 79.9. The van der Waals surface area contributed by atoms with Gasteiger partial charge in [-0.1, -0.05) is 162 Å². The van der Waals surface area contributed by atoms with Crippen LogP contribution in [-0.4, -0.2) is 106 Å². The Hall–Kier alpha value is -5.96. The molecule has 0 radical (unpaired) electrons. The van der Waals surface area contributed by atoms with Crippen LogP contribution in [0.2, 0.25) is 0 Å². The maximum absolute atomic E-state index is 6.96. The second kappa shape index (κ2) is 34.4. The predicted octanol–water partition coefficient (Wildman–Crippen LogP) is 15.2. The standard InChI is InChI=1S/C72H91BrO12/c1-5-9-14-52(7-3)42-54-22-24-65-67(44-54)80-36-28-76-32-40-84-71-59-19-13-21-61(71)49-63-51-64(73)50-62-48-60-20-12-18-58(70(60)83-39-31-75-27-35-79-65)46-56-16-11-17-57(47-59)69(56)82-38-30-74-26-34-78-66-25-23-55(43-53(8-4)15-10-6-2)45-68(66)81-37-29-77-33-41-85-72(62)63/h11-13,16-25,44-45,50-53H,5-10,14-15,26-43,46-49H2,1-4H3. The van der Waals surface area contributed by atoms with E-state index in [1.54, 1.807) is 0 Å². The van der Waals surface area contributed by atoms with E-state index in [0.717, 1.165) is 97.7 Å². The summed E-state index contributed by atoms with van der Waals surface area (Å²) < 4.78 is 79.4. The Bertz CT molecular complexity index is 3000. The number of unbranched alkanes of at least 4 members (excludes halogenated alkanes) is 2. The van der Waals surface area contributed by atoms with Gasteiger partial charge in [0.25, 0.3) is 0 Å². The highest BCUT2D eigenvalue weighted by molar-refractivity contribution is 9.10. The van der Waals surface area contributed by atoms with Crippen molar-refractivity contribution in [1.82, 2.24) is 0 Å². The monoisotopic (exact) mass is 1230 g/mol. The van der Waals surface area contributed by atoms with Crippen molar-refractivity contribution in [1.29, 1.82) is 0 Å². The molecule has 1 aliphatic carbocycles. The third kappa shape index (κ3) is 19.0. The molecule has 4 aliphatic heterocycles. The molecule has 0 fully saturated rings. The van der Waals surface area contributed by atoms with E-state index in [1.165, 1.54) is 49.7 Å². The number of para-hydroxylation sites is 3. The Morgan fingerprint density at radius 2 is 0.624 bits per heavy atom. The largest absolute Gasteiger partial charge is 0.491 e. The van der Waals surface area contributed by atoms with Crippen LogP contribution in [0.1, 0.15) is 135 Å². The van der Waals surface area contributed by atoms with Gasteiger partial charge in [-0.05, 0) is 106 Å². The molecule has 0 saturated heterocycles. The molecular weight excluding hydrogens is 1140 g/mol. The Kier molecular flexibility index (Phi) is 25.7. The van der Waals surface area contributed by atoms with Crippen molar-refractivity contribution in [3.63, 3.8) is 0 Å². The topological polar surface area (TPSA) is 111 Å². The van der Waals surface area contributed by atoms with Crippen LogP contribution in [0.4, 0.5) is 0 Å². The number of benzene rings is 6. The lowest BCUT2D eigenvalue weighted by Crippen LogP contribution is -2.15. The van der Waals surface area contributed by atoms with Gasteiger partial charge in [0.2, 0.25) is 0 Å². The number of rotatable bonds is 12. The maximum atomic E-state index is 6.96. The molecule has 11 rings (SSSR count). The summed E-state index contributed by atoms with van der Waals surface area (Å²) in [6.07, 6.45) is 13.7. The minimum Gasteiger partial charge on any atom is -0.491 e. The van der Waals surface area contributed by atoms with Gasteiger partial charge in [0, 0.05) is 41.3 Å². The van der Waals surface area contributed by atoms with Crippen LogP contribution in [0.15, 0.2) is 108 Å². The summed E-state index contributed by atoms with van der Waals surface area (Å²) >= 11 is 3.94. The highest BCUT2D eigenvalue weighted by Gasteiger charge is 2.24. The fourth-order valence-corrected chi connectivity index (χ4v) is 12.3. The second-order valence-electron chi connectivity index (χ2n) is 22.5. The molecule has 12 bridgehead atoms. The fraction of sp³-hybridized carbons (Fsp3) is 0.500. The molecular formula is C72H91BrO12. The first-order valence-corrected chi connectivity index (χ1v) is 32.4. The Morgan fingerprint density at radius 3 is 0.941 bits per heavy atom. The van der Waals surface area contributed by atoms with E-state index in [4.69, 9.17) is 56.8 Å². The molecule has 5 aliphatic rings. The highest BCUT2D eigenvalue weighted by Crippen LogP contribution is 2.41.